The molecule has 0 radical (unpaired) electrons. The van der Waals surface area contributed by atoms with E-state index in [-0.39, 0.29) is 25.4 Å². The van der Waals surface area contributed by atoms with Gasteiger partial charge in [-0.25, -0.2) is 4.79 Å². The third-order valence-corrected chi connectivity index (χ3v) is 4.33. The van der Waals surface area contributed by atoms with Crippen LogP contribution in [0.1, 0.15) is 0 Å². The first-order valence-electron chi connectivity index (χ1n) is 6.80. The van der Waals surface area contributed by atoms with Crippen LogP contribution in [-0.2, 0) is 28.4 Å². The first-order chi connectivity index (χ1) is 10.7. The van der Waals surface area contributed by atoms with Crippen LogP contribution in [0, 0.1) is 0 Å². The lowest BCUT2D eigenvalue weighted by Gasteiger charge is -2.15. The average Bonchev–Trinajstić information content (AvgIpc) is 2.53. The smallest absolute Gasteiger partial charge is 0.432 e. The van der Waals surface area contributed by atoms with Gasteiger partial charge >= 0.3 is 6.16 Å². The van der Waals surface area contributed by atoms with Crippen LogP contribution < -0.4 is 0 Å². The number of ether oxygens (including phenoxy) is 6. The Kier molecular flexibility index (Phi) is 16.9. The van der Waals surface area contributed by atoms with Crippen LogP contribution in [0.4, 0.5) is 4.79 Å². The number of carbonyl (C=O) groups is 1. The molecule has 2 unspecified atom stereocenters. The number of halogens is 2. The summed E-state index contributed by atoms with van der Waals surface area (Å²) in [5.74, 6) is 0. The summed E-state index contributed by atoms with van der Waals surface area (Å²) < 4.78 is 32.3. The van der Waals surface area contributed by atoms with E-state index in [2.05, 4.69) is 45.2 Å². The third-order valence-electron chi connectivity index (χ3n) is 2.36. The fraction of sp³-hybridized carbons (Fsp3) is 0.923. The van der Waals surface area contributed by atoms with E-state index in [9.17, 15) is 4.79 Å². The van der Waals surface area contributed by atoms with E-state index in [1.54, 1.807) is 14.2 Å². The molecule has 0 spiro atoms. The van der Waals surface area contributed by atoms with Gasteiger partial charge in [0.15, 0.2) is 0 Å². The zero-order valence-corrected chi connectivity index (χ0v) is 17.2. The van der Waals surface area contributed by atoms with E-state index in [1.165, 1.54) is 0 Å². The molecule has 0 aliphatic heterocycles. The van der Waals surface area contributed by atoms with E-state index in [0.29, 0.717) is 26.4 Å². The van der Waals surface area contributed by atoms with Crippen LogP contribution in [0.15, 0.2) is 0 Å². The van der Waals surface area contributed by atoms with Gasteiger partial charge in [-0.15, -0.1) is 0 Å². The number of hydrogen-bond donors (Lipinski definition) is 0. The van der Waals surface area contributed by atoms with Crippen molar-refractivity contribution < 1.29 is 33.2 Å². The van der Waals surface area contributed by atoms with Crippen molar-refractivity contribution in [1.82, 2.24) is 0 Å². The molecule has 0 aromatic rings. The minimum absolute atomic E-state index is 0.00427. The molecule has 0 saturated heterocycles. The van der Waals surface area contributed by atoms with Crippen LogP contribution in [0.25, 0.3) is 0 Å². The van der Waals surface area contributed by atoms with E-state index in [4.69, 9.17) is 28.4 Å². The maximum Gasteiger partial charge on any atom is 0.508 e. The topological polar surface area (TPSA) is 72.5 Å². The molecule has 2 atom stereocenters. The van der Waals surface area contributed by atoms with Crippen LogP contribution in [0.5, 0.6) is 0 Å². The van der Waals surface area contributed by atoms with Crippen LogP contribution in [0.2, 0.25) is 0 Å². The monoisotopic (exact) mass is 546 g/mol. The van der Waals surface area contributed by atoms with Gasteiger partial charge in [-0.1, -0.05) is 45.2 Å². The molecule has 0 aliphatic carbocycles. The molecule has 7 nitrogen and oxygen atoms in total. The second-order valence-corrected chi connectivity index (χ2v) is 5.91. The molecule has 0 aromatic heterocycles. The highest BCUT2D eigenvalue weighted by atomic mass is 127. The summed E-state index contributed by atoms with van der Waals surface area (Å²) in [6.07, 6.45) is -0.711. The fourth-order valence-corrected chi connectivity index (χ4v) is 2.38. The molecule has 0 fully saturated rings. The van der Waals surface area contributed by atoms with E-state index in [0.717, 1.165) is 8.86 Å². The molecule has 0 aromatic carbocycles. The van der Waals surface area contributed by atoms with Crippen molar-refractivity contribution in [3.63, 3.8) is 0 Å². The Hall–Kier alpha value is 0.570. The van der Waals surface area contributed by atoms with Gasteiger partial charge in [-0.2, -0.15) is 0 Å². The minimum atomic E-state index is -0.720. The van der Waals surface area contributed by atoms with Crippen molar-refractivity contribution in [3.05, 3.63) is 0 Å². The Bertz CT molecular complexity index is 245. The molecular formula is C13H24I2O7. The Morgan fingerprint density at radius 1 is 0.818 bits per heavy atom. The zero-order valence-electron chi connectivity index (χ0n) is 12.9. The molecule has 0 aliphatic rings. The van der Waals surface area contributed by atoms with Gasteiger partial charge in [0.05, 0.1) is 38.6 Å². The predicted molar refractivity (Wildman–Crippen MR) is 98.3 cm³/mol. The number of carbonyl (C=O) groups excluding carboxylic acids is 1. The number of hydrogen-bond acceptors (Lipinski definition) is 7. The zero-order chi connectivity index (χ0) is 16.6. The molecule has 22 heavy (non-hydrogen) atoms. The summed E-state index contributed by atoms with van der Waals surface area (Å²) in [4.78, 5) is 11.3. The average molecular weight is 546 g/mol. The van der Waals surface area contributed by atoms with Crippen LogP contribution in [0.3, 0.4) is 0 Å². The minimum Gasteiger partial charge on any atom is -0.432 e. The van der Waals surface area contributed by atoms with Gasteiger partial charge in [0.1, 0.15) is 13.2 Å². The standard InChI is InChI=1S/C13H24I2O7/c1-17-9-11(7-14)19-3-5-21-13(16)22-6-4-20-12(8-15)10-18-2/h11-12H,3-10H2,1-2H3. The van der Waals surface area contributed by atoms with Crippen molar-refractivity contribution in [2.75, 3.05) is 62.7 Å². The lowest BCUT2D eigenvalue weighted by atomic mass is 10.4. The summed E-state index contributed by atoms with van der Waals surface area (Å²) in [5, 5.41) is 0. The summed E-state index contributed by atoms with van der Waals surface area (Å²) >= 11 is 4.43. The van der Waals surface area contributed by atoms with Crippen molar-refractivity contribution in [2.45, 2.75) is 12.2 Å². The Morgan fingerprint density at radius 3 is 1.55 bits per heavy atom. The molecular weight excluding hydrogens is 522 g/mol. The highest BCUT2D eigenvalue weighted by molar-refractivity contribution is 14.1. The SMILES string of the molecule is COCC(CI)OCCOC(=O)OCCOC(CI)COC. The van der Waals surface area contributed by atoms with E-state index in [1.807, 2.05) is 0 Å². The van der Waals surface area contributed by atoms with Gasteiger partial charge in [0, 0.05) is 23.1 Å². The van der Waals surface area contributed by atoms with Crippen molar-refractivity contribution in [3.8, 4) is 0 Å². The molecule has 0 rings (SSSR count). The normalized spacial score (nSPS) is 13.6. The van der Waals surface area contributed by atoms with Crippen LogP contribution >= 0.6 is 45.2 Å². The lowest BCUT2D eigenvalue weighted by molar-refractivity contribution is -0.0304. The first kappa shape index (κ1) is 22.6. The molecule has 0 saturated carbocycles. The summed E-state index contributed by atoms with van der Waals surface area (Å²) in [7, 11) is 3.24. The van der Waals surface area contributed by atoms with Crippen molar-refractivity contribution >= 4 is 51.3 Å². The summed E-state index contributed by atoms with van der Waals surface area (Å²) in [6.45, 7) is 1.96. The van der Waals surface area contributed by atoms with E-state index < -0.39 is 6.16 Å². The number of rotatable bonds is 14. The van der Waals surface area contributed by atoms with Gasteiger partial charge in [0.2, 0.25) is 0 Å². The maximum atomic E-state index is 11.3. The molecule has 9 heteroatoms. The lowest BCUT2D eigenvalue weighted by Crippen LogP contribution is -2.25. The first-order valence-corrected chi connectivity index (χ1v) is 9.85. The van der Waals surface area contributed by atoms with E-state index >= 15 is 0 Å². The summed E-state index contributed by atoms with van der Waals surface area (Å²) in [6, 6.07) is 0. The fourth-order valence-electron chi connectivity index (χ4n) is 1.37. The van der Waals surface area contributed by atoms with Gasteiger partial charge in [-0.05, 0) is 0 Å². The molecule has 0 bridgehead atoms. The predicted octanol–water partition coefficient (Wildman–Crippen LogP) is 2.07. The largest absolute Gasteiger partial charge is 0.508 e. The second-order valence-electron chi connectivity index (χ2n) is 4.15. The van der Waals surface area contributed by atoms with Gasteiger partial charge in [-0.3, -0.25) is 0 Å². The van der Waals surface area contributed by atoms with Gasteiger partial charge < -0.3 is 28.4 Å². The molecule has 0 amide bonds. The van der Waals surface area contributed by atoms with Crippen LogP contribution in [-0.4, -0.2) is 81.1 Å². The number of alkyl halides is 2. The highest BCUT2D eigenvalue weighted by Gasteiger charge is 2.10. The Balaban J connectivity index is 3.53. The van der Waals surface area contributed by atoms with Gasteiger partial charge in [0.25, 0.3) is 0 Å². The molecule has 0 heterocycles. The third kappa shape index (κ3) is 13.0. The van der Waals surface area contributed by atoms with Crippen molar-refractivity contribution in [1.29, 1.82) is 0 Å². The second kappa shape index (κ2) is 16.4. The number of methoxy groups -OCH3 is 2. The highest BCUT2D eigenvalue weighted by Crippen LogP contribution is 2.00. The molecule has 0 N–H and O–H groups in total. The molecule has 132 valence electrons. The summed E-state index contributed by atoms with van der Waals surface area (Å²) in [5.41, 5.74) is 0. The Labute approximate surface area is 158 Å². The Morgan fingerprint density at radius 2 is 1.23 bits per heavy atom. The quantitative estimate of drug-likeness (QED) is 0.143. The van der Waals surface area contributed by atoms with Crippen molar-refractivity contribution in [2.24, 2.45) is 0 Å². The maximum absolute atomic E-state index is 11.3.